The molecule has 1 aliphatic heterocycles. The SMILES string of the molecule is C[C@@H](C1CC1)N(CC(F)(F)F)C(=O)C1CCN(S(=O)(=O)c2ccc3ccccc3c2)CC1. The van der Waals surface area contributed by atoms with E-state index in [0.717, 1.165) is 28.5 Å². The lowest BCUT2D eigenvalue weighted by atomic mass is 9.95. The first-order valence-corrected chi connectivity index (χ1v) is 12.4. The summed E-state index contributed by atoms with van der Waals surface area (Å²) in [6.07, 6.45) is -2.34. The van der Waals surface area contributed by atoms with E-state index < -0.39 is 40.6 Å². The molecule has 5 nitrogen and oxygen atoms in total. The van der Waals surface area contributed by atoms with Crippen molar-refractivity contribution in [1.29, 1.82) is 0 Å². The molecule has 2 aromatic carbocycles. The van der Waals surface area contributed by atoms with Crippen molar-refractivity contribution < 1.29 is 26.4 Å². The van der Waals surface area contributed by atoms with E-state index in [4.69, 9.17) is 0 Å². The van der Waals surface area contributed by atoms with Crippen LogP contribution in [-0.4, -0.2) is 55.4 Å². The van der Waals surface area contributed by atoms with Gasteiger partial charge in [0.2, 0.25) is 15.9 Å². The third-order valence-corrected chi connectivity index (χ3v) is 8.49. The van der Waals surface area contributed by atoms with Crippen LogP contribution in [0.4, 0.5) is 13.2 Å². The summed E-state index contributed by atoms with van der Waals surface area (Å²) in [5.74, 6) is -0.985. The summed E-state index contributed by atoms with van der Waals surface area (Å²) >= 11 is 0. The van der Waals surface area contributed by atoms with Crippen molar-refractivity contribution in [2.45, 2.75) is 49.7 Å². The van der Waals surface area contributed by atoms with E-state index in [1.54, 1.807) is 25.1 Å². The van der Waals surface area contributed by atoms with Crippen LogP contribution in [-0.2, 0) is 14.8 Å². The van der Waals surface area contributed by atoms with Crippen molar-refractivity contribution in [1.82, 2.24) is 9.21 Å². The van der Waals surface area contributed by atoms with Gasteiger partial charge in [0.1, 0.15) is 6.54 Å². The second-order valence-corrected chi connectivity index (χ2v) is 10.8. The number of alkyl halides is 3. The lowest BCUT2D eigenvalue weighted by molar-refractivity contribution is -0.169. The molecule has 1 saturated carbocycles. The van der Waals surface area contributed by atoms with Gasteiger partial charge in [-0.25, -0.2) is 8.42 Å². The Balaban J connectivity index is 1.45. The molecule has 9 heteroatoms. The molecule has 1 aliphatic carbocycles. The number of hydrogen-bond acceptors (Lipinski definition) is 3. The Morgan fingerprint density at radius 3 is 2.28 bits per heavy atom. The van der Waals surface area contributed by atoms with Crippen LogP contribution in [0.15, 0.2) is 47.4 Å². The average Bonchev–Trinajstić information content (AvgIpc) is 3.61. The molecular weight excluding hydrogens is 441 g/mol. The number of hydrogen-bond donors (Lipinski definition) is 0. The molecule has 0 unspecified atom stereocenters. The molecular formula is C23H27F3N2O3S. The van der Waals surface area contributed by atoms with E-state index in [-0.39, 0.29) is 36.7 Å². The maximum absolute atomic E-state index is 13.1. The number of piperidine rings is 1. The van der Waals surface area contributed by atoms with Crippen molar-refractivity contribution in [3.8, 4) is 0 Å². The Morgan fingerprint density at radius 1 is 1.06 bits per heavy atom. The highest BCUT2D eigenvalue weighted by Gasteiger charge is 2.43. The summed E-state index contributed by atoms with van der Waals surface area (Å²) in [5.41, 5.74) is 0. The summed E-state index contributed by atoms with van der Waals surface area (Å²) in [6, 6.07) is 12.0. The van der Waals surface area contributed by atoms with E-state index in [0.29, 0.717) is 0 Å². The predicted octanol–water partition coefficient (Wildman–Crippen LogP) is 4.43. The van der Waals surface area contributed by atoms with Gasteiger partial charge in [-0.15, -0.1) is 0 Å². The van der Waals surface area contributed by atoms with Crippen LogP contribution < -0.4 is 0 Å². The molecule has 0 bridgehead atoms. The van der Waals surface area contributed by atoms with Gasteiger partial charge in [0.05, 0.1) is 4.90 Å². The van der Waals surface area contributed by atoms with E-state index in [9.17, 15) is 26.4 Å². The molecule has 1 saturated heterocycles. The summed E-state index contributed by atoms with van der Waals surface area (Å²) in [4.78, 5) is 14.1. The molecule has 4 rings (SSSR count). The van der Waals surface area contributed by atoms with E-state index in [2.05, 4.69) is 0 Å². The van der Waals surface area contributed by atoms with Gasteiger partial charge < -0.3 is 4.90 Å². The van der Waals surface area contributed by atoms with Gasteiger partial charge in [0.15, 0.2) is 0 Å². The lowest BCUT2D eigenvalue weighted by Crippen LogP contribution is -2.50. The van der Waals surface area contributed by atoms with Crippen molar-refractivity contribution >= 4 is 26.7 Å². The van der Waals surface area contributed by atoms with Crippen LogP contribution in [0.5, 0.6) is 0 Å². The molecule has 0 spiro atoms. The zero-order valence-electron chi connectivity index (χ0n) is 17.9. The predicted molar refractivity (Wildman–Crippen MR) is 115 cm³/mol. The largest absolute Gasteiger partial charge is 0.406 e. The molecule has 1 heterocycles. The Morgan fingerprint density at radius 2 is 1.69 bits per heavy atom. The Labute approximate surface area is 186 Å². The summed E-state index contributed by atoms with van der Waals surface area (Å²) in [7, 11) is -3.74. The van der Waals surface area contributed by atoms with Gasteiger partial charge in [-0.2, -0.15) is 17.5 Å². The van der Waals surface area contributed by atoms with Crippen molar-refractivity contribution in [3.05, 3.63) is 42.5 Å². The molecule has 2 aliphatic rings. The van der Waals surface area contributed by atoms with E-state index >= 15 is 0 Å². The van der Waals surface area contributed by atoms with E-state index in [1.807, 2.05) is 24.3 Å². The maximum Gasteiger partial charge on any atom is 0.406 e. The van der Waals surface area contributed by atoms with Gasteiger partial charge >= 0.3 is 6.18 Å². The molecule has 174 valence electrons. The minimum atomic E-state index is -4.46. The monoisotopic (exact) mass is 468 g/mol. The number of carbonyl (C=O) groups excluding carboxylic acids is 1. The van der Waals surface area contributed by atoms with E-state index in [1.165, 1.54) is 4.31 Å². The van der Waals surface area contributed by atoms with Crippen LogP contribution in [0.1, 0.15) is 32.6 Å². The van der Waals surface area contributed by atoms with Crippen molar-refractivity contribution in [2.75, 3.05) is 19.6 Å². The van der Waals surface area contributed by atoms with Gasteiger partial charge in [0, 0.05) is 25.0 Å². The fourth-order valence-corrected chi connectivity index (χ4v) is 6.01. The van der Waals surface area contributed by atoms with Crippen LogP contribution in [0.25, 0.3) is 10.8 Å². The van der Waals surface area contributed by atoms with Gasteiger partial charge in [0.25, 0.3) is 0 Å². The van der Waals surface area contributed by atoms with Gasteiger partial charge in [-0.3, -0.25) is 4.79 Å². The minimum Gasteiger partial charge on any atom is -0.330 e. The minimum absolute atomic E-state index is 0.114. The quantitative estimate of drug-likeness (QED) is 0.630. The van der Waals surface area contributed by atoms with Crippen LogP contribution in [0, 0.1) is 11.8 Å². The second kappa shape index (κ2) is 8.67. The molecule has 1 atom stereocenters. The van der Waals surface area contributed by atoms with Crippen molar-refractivity contribution in [2.24, 2.45) is 11.8 Å². The third kappa shape index (κ3) is 4.93. The number of sulfonamides is 1. The Hall–Kier alpha value is -2.13. The zero-order chi connectivity index (χ0) is 23.1. The zero-order valence-corrected chi connectivity index (χ0v) is 18.7. The van der Waals surface area contributed by atoms with Crippen LogP contribution >= 0.6 is 0 Å². The summed E-state index contributed by atoms with van der Waals surface area (Å²) < 4.78 is 66.9. The number of carbonyl (C=O) groups is 1. The Bertz CT molecular complexity index is 1090. The summed E-state index contributed by atoms with van der Waals surface area (Å²) in [5, 5.41) is 1.75. The van der Waals surface area contributed by atoms with Crippen LogP contribution in [0.3, 0.4) is 0 Å². The molecule has 2 fully saturated rings. The number of rotatable bonds is 6. The highest BCUT2D eigenvalue weighted by Crippen LogP contribution is 2.37. The van der Waals surface area contributed by atoms with Gasteiger partial charge in [-0.1, -0.05) is 30.3 Å². The normalized spacial score (nSPS) is 19.8. The topological polar surface area (TPSA) is 57.7 Å². The molecule has 32 heavy (non-hydrogen) atoms. The Kier molecular flexibility index (Phi) is 6.24. The maximum atomic E-state index is 13.1. The summed E-state index contributed by atoms with van der Waals surface area (Å²) in [6.45, 7) is 0.659. The molecule has 0 N–H and O–H groups in total. The lowest BCUT2D eigenvalue weighted by Gasteiger charge is -2.36. The van der Waals surface area contributed by atoms with Crippen LogP contribution in [0.2, 0.25) is 0 Å². The average molecular weight is 469 g/mol. The number of benzene rings is 2. The molecule has 0 radical (unpaired) electrons. The third-order valence-electron chi connectivity index (χ3n) is 6.59. The highest BCUT2D eigenvalue weighted by molar-refractivity contribution is 7.89. The number of halogens is 3. The number of amides is 1. The fraction of sp³-hybridized carbons (Fsp3) is 0.522. The molecule has 0 aromatic heterocycles. The first-order chi connectivity index (χ1) is 15.1. The number of nitrogens with zero attached hydrogens (tertiary/aromatic N) is 2. The van der Waals surface area contributed by atoms with Crippen molar-refractivity contribution in [3.63, 3.8) is 0 Å². The second-order valence-electron chi connectivity index (χ2n) is 8.85. The first kappa shape index (κ1) is 23.0. The fourth-order valence-electron chi connectivity index (χ4n) is 4.50. The smallest absolute Gasteiger partial charge is 0.330 e. The van der Waals surface area contributed by atoms with Gasteiger partial charge in [-0.05, 0) is 61.4 Å². The highest BCUT2D eigenvalue weighted by atomic mass is 32.2. The standard InChI is InChI=1S/C23H27F3N2O3S/c1-16(17-6-7-17)28(15-23(24,25)26)22(29)19-10-12-27(13-11-19)32(30,31)21-9-8-18-4-2-3-5-20(18)14-21/h2-5,8-9,14,16-17,19H,6-7,10-13,15H2,1H3/t16-/m0/s1. The molecule has 2 aromatic rings. The first-order valence-electron chi connectivity index (χ1n) is 10.9. The number of fused-ring (bicyclic) bond motifs is 1. The molecule has 1 amide bonds.